The smallest absolute Gasteiger partial charge is 0.131 e. The number of aryl methyl sites for hydroxylation is 1. The first-order chi connectivity index (χ1) is 8.74. The molecule has 1 aromatic heterocycles. The Bertz CT molecular complexity index is 422. The van der Waals surface area contributed by atoms with Crippen LogP contribution < -0.4 is 5.73 Å². The largest absolute Gasteiger partial charge is 0.324 e. The van der Waals surface area contributed by atoms with E-state index in [1.165, 1.54) is 43.4 Å². The van der Waals surface area contributed by atoms with Crippen LogP contribution in [-0.2, 0) is 6.42 Å². The maximum Gasteiger partial charge on any atom is 0.131 e. The zero-order chi connectivity index (χ0) is 12.5. The van der Waals surface area contributed by atoms with E-state index in [2.05, 4.69) is 11.9 Å². The average molecular weight is 245 g/mol. The van der Waals surface area contributed by atoms with Crippen LogP contribution in [0, 0.1) is 5.92 Å². The van der Waals surface area contributed by atoms with Crippen molar-refractivity contribution in [2.75, 3.05) is 0 Å². The lowest BCUT2D eigenvalue weighted by molar-refractivity contribution is 0.338. The van der Waals surface area contributed by atoms with Gasteiger partial charge in [0.25, 0.3) is 0 Å². The fraction of sp³-hybridized carbons (Fsp3) is 0.733. The molecule has 0 bridgehead atoms. The van der Waals surface area contributed by atoms with Gasteiger partial charge in [0, 0.05) is 29.4 Å². The van der Waals surface area contributed by atoms with Crippen molar-refractivity contribution in [2.45, 2.75) is 63.8 Å². The topological polar surface area (TPSA) is 51.8 Å². The number of fused-ring (bicyclic) bond motifs is 1. The predicted octanol–water partition coefficient (Wildman–Crippen LogP) is 3.11. The first-order valence-electron chi connectivity index (χ1n) is 7.35. The lowest BCUT2D eigenvalue weighted by Crippen LogP contribution is -2.21. The molecule has 1 fully saturated rings. The number of nitrogens with zero attached hydrogens (tertiary/aromatic N) is 2. The first-order valence-corrected chi connectivity index (χ1v) is 7.35. The lowest BCUT2D eigenvalue weighted by atomic mass is 9.82. The van der Waals surface area contributed by atoms with E-state index in [1.54, 1.807) is 0 Å². The van der Waals surface area contributed by atoms with E-state index in [4.69, 9.17) is 10.7 Å². The fourth-order valence-corrected chi connectivity index (χ4v) is 3.31. The van der Waals surface area contributed by atoms with Crippen LogP contribution >= 0.6 is 0 Å². The summed E-state index contributed by atoms with van der Waals surface area (Å²) in [6, 6.07) is 0.161. The summed E-state index contributed by atoms with van der Waals surface area (Å²) in [6.45, 7) is 2.35. The van der Waals surface area contributed by atoms with E-state index < -0.39 is 0 Å². The van der Waals surface area contributed by atoms with E-state index in [0.717, 1.165) is 24.6 Å². The van der Waals surface area contributed by atoms with Gasteiger partial charge < -0.3 is 5.73 Å². The molecular weight excluding hydrogens is 222 g/mol. The molecule has 0 amide bonds. The van der Waals surface area contributed by atoms with Crippen LogP contribution in [0.15, 0.2) is 6.20 Å². The number of hydrogen-bond acceptors (Lipinski definition) is 3. The molecule has 0 aliphatic heterocycles. The number of hydrogen-bond donors (Lipinski definition) is 1. The molecule has 0 aromatic carbocycles. The Morgan fingerprint density at radius 2 is 1.94 bits per heavy atom. The quantitative estimate of drug-likeness (QED) is 0.827. The minimum Gasteiger partial charge on any atom is -0.324 e. The zero-order valence-electron chi connectivity index (χ0n) is 11.2. The van der Waals surface area contributed by atoms with Gasteiger partial charge in [0.05, 0.1) is 0 Å². The minimum absolute atomic E-state index is 0.161. The molecule has 98 valence electrons. The van der Waals surface area contributed by atoms with Gasteiger partial charge in [0.1, 0.15) is 5.82 Å². The Hall–Kier alpha value is -0.960. The molecule has 1 heterocycles. The Kier molecular flexibility index (Phi) is 3.33. The van der Waals surface area contributed by atoms with Crippen LogP contribution in [0.4, 0.5) is 0 Å². The highest BCUT2D eigenvalue weighted by atomic mass is 14.9. The van der Waals surface area contributed by atoms with Crippen molar-refractivity contribution in [3.63, 3.8) is 0 Å². The number of nitrogens with two attached hydrogens (primary N) is 1. The summed E-state index contributed by atoms with van der Waals surface area (Å²) < 4.78 is 0. The molecule has 0 saturated heterocycles. The predicted molar refractivity (Wildman–Crippen MR) is 72.3 cm³/mol. The van der Waals surface area contributed by atoms with Gasteiger partial charge in [-0.25, -0.2) is 9.97 Å². The van der Waals surface area contributed by atoms with Crippen LogP contribution in [0.2, 0.25) is 0 Å². The Labute approximate surface area is 109 Å². The summed E-state index contributed by atoms with van der Waals surface area (Å²) in [5.41, 5.74) is 8.52. The highest BCUT2D eigenvalue weighted by Crippen LogP contribution is 2.35. The summed E-state index contributed by atoms with van der Waals surface area (Å²) in [7, 11) is 0. The van der Waals surface area contributed by atoms with Gasteiger partial charge >= 0.3 is 0 Å². The summed E-state index contributed by atoms with van der Waals surface area (Å²) in [4.78, 5) is 9.42. The van der Waals surface area contributed by atoms with Gasteiger partial charge in [0.15, 0.2) is 0 Å². The molecule has 1 saturated carbocycles. The zero-order valence-corrected chi connectivity index (χ0v) is 11.2. The fourth-order valence-electron chi connectivity index (χ4n) is 3.31. The second kappa shape index (κ2) is 4.96. The normalized spacial score (nSPS) is 32.0. The van der Waals surface area contributed by atoms with Gasteiger partial charge in [-0.15, -0.1) is 0 Å². The van der Waals surface area contributed by atoms with Crippen molar-refractivity contribution < 1.29 is 0 Å². The molecule has 18 heavy (non-hydrogen) atoms. The molecule has 1 aromatic rings. The van der Waals surface area contributed by atoms with Crippen LogP contribution in [-0.4, -0.2) is 9.97 Å². The Balaban J connectivity index is 1.81. The van der Waals surface area contributed by atoms with Gasteiger partial charge in [-0.05, 0) is 38.0 Å². The molecule has 3 nitrogen and oxygen atoms in total. The van der Waals surface area contributed by atoms with E-state index in [-0.39, 0.29) is 6.04 Å². The highest BCUT2D eigenvalue weighted by molar-refractivity contribution is 5.24. The highest BCUT2D eigenvalue weighted by Gasteiger charge is 2.24. The average Bonchev–Trinajstić information content (AvgIpc) is 2.39. The molecular formula is C15H23N3. The summed E-state index contributed by atoms with van der Waals surface area (Å²) >= 11 is 0. The summed E-state index contributed by atoms with van der Waals surface area (Å²) in [6.07, 6.45) is 10.5. The van der Waals surface area contributed by atoms with Crippen molar-refractivity contribution in [3.05, 3.63) is 23.3 Å². The minimum atomic E-state index is 0.161. The number of aromatic nitrogens is 2. The van der Waals surface area contributed by atoms with Gasteiger partial charge in [-0.3, -0.25) is 0 Å². The third-order valence-electron chi connectivity index (χ3n) is 4.63. The van der Waals surface area contributed by atoms with Crippen LogP contribution in [0.1, 0.15) is 74.5 Å². The standard InChI is InChI=1S/C15H23N3/c1-10-5-7-11(8-6-10)15-17-9-12-13(16)3-2-4-14(12)18-15/h9-11,13H,2-8,16H2,1H3. The molecule has 0 radical (unpaired) electrons. The van der Waals surface area contributed by atoms with Crippen LogP contribution in [0.5, 0.6) is 0 Å². The maximum atomic E-state index is 6.11. The first kappa shape index (κ1) is 12.1. The monoisotopic (exact) mass is 245 g/mol. The lowest BCUT2D eigenvalue weighted by Gasteiger charge is -2.27. The van der Waals surface area contributed by atoms with Crippen LogP contribution in [0.25, 0.3) is 0 Å². The van der Waals surface area contributed by atoms with Crippen molar-refractivity contribution in [3.8, 4) is 0 Å². The van der Waals surface area contributed by atoms with E-state index in [1.807, 2.05) is 6.20 Å². The van der Waals surface area contributed by atoms with Crippen molar-refractivity contribution >= 4 is 0 Å². The van der Waals surface area contributed by atoms with Crippen molar-refractivity contribution in [1.82, 2.24) is 9.97 Å². The molecule has 1 unspecified atom stereocenters. The van der Waals surface area contributed by atoms with Crippen LogP contribution in [0.3, 0.4) is 0 Å². The molecule has 2 aliphatic carbocycles. The van der Waals surface area contributed by atoms with E-state index in [0.29, 0.717) is 5.92 Å². The SMILES string of the molecule is CC1CCC(c2ncc3c(n2)CCCC3N)CC1. The third-order valence-corrected chi connectivity index (χ3v) is 4.63. The van der Waals surface area contributed by atoms with Crippen molar-refractivity contribution in [1.29, 1.82) is 0 Å². The number of rotatable bonds is 1. The van der Waals surface area contributed by atoms with Gasteiger partial charge in [-0.2, -0.15) is 0 Å². The second-order valence-electron chi connectivity index (χ2n) is 6.09. The van der Waals surface area contributed by atoms with Gasteiger partial charge in [0.2, 0.25) is 0 Å². The molecule has 1 atom stereocenters. The molecule has 0 spiro atoms. The van der Waals surface area contributed by atoms with Crippen molar-refractivity contribution in [2.24, 2.45) is 11.7 Å². The molecule has 2 aliphatic rings. The summed E-state index contributed by atoms with van der Waals surface area (Å²) in [5, 5.41) is 0. The Morgan fingerprint density at radius 1 is 1.17 bits per heavy atom. The van der Waals surface area contributed by atoms with E-state index in [9.17, 15) is 0 Å². The van der Waals surface area contributed by atoms with E-state index >= 15 is 0 Å². The van der Waals surface area contributed by atoms with Gasteiger partial charge in [-0.1, -0.05) is 19.8 Å². The molecule has 2 N–H and O–H groups in total. The second-order valence-corrected chi connectivity index (χ2v) is 6.09. The summed E-state index contributed by atoms with van der Waals surface area (Å²) in [5.74, 6) is 2.55. The maximum absolute atomic E-state index is 6.11. The molecule has 3 heteroatoms. The third kappa shape index (κ3) is 2.28. The Morgan fingerprint density at radius 3 is 2.72 bits per heavy atom. The molecule has 3 rings (SSSR count).